The summed E-state index contributed by atoms with van der Waals surface area (Å²) in [5.74, 6) is -1.63. The standard InChI is InChI=1S/C11H12F2/c1-4-11(2,3)8-5-6-9(12)10(13)7-8/h4-7H,1H2,2-3H3. The van der Waals surface area contributed by atoms with Crippen molar-refractivity contribution in [1.29, 1.82) is 0 Å². The lowest BCUT2D eigenvalue weighted by molar-refractivity contribution is 0.503. The first-order valence-corrected chi connectivity index (χ1v) is 4.06. The van der Waals surface area contributed by atoms with Gasteiger partial charge in [0.2, 0.25) is 0 Å². The van der Waals surface area contributed by atoms with Gasteiger partial charge in [-0.1, -0.05) is 26.0 Å². The maximum absolute atomic E-state index is 12.8. The van der Waals surface area contributed by atoms with Crippen LogP contribution >= 0.6 is 0 Å². The quantitative estimate of drug-likeness (QED) is 0.615. The molecule has 1 rings (SSSR count). The number of rotatable bonds is 2. The van der Waals surface area contributed by atoms with E-state index in [-0.39, 0.29) is 5.41 Å². The first-order chi connectivity index (χ1) is 5.97. The van der Waals surface area contributed by atoms with Crippen molar-refractivity contribution in [2.24, 2.45) is 0 Å². The van der Waals surface area contributed by atoms with Crippen molar-refractivity contribution in [1.82, 2.24) is 0 Å². The summed E-state index contributed by atoms with van der Waals surface area (Å²) >= 11 is 0. The van der Waals surface area contributed by atoms with Gasteiger partial charge in [0, 0.05) is 5.41 Å². The van der Waals surface area contributed by atoms with E-state index >= 15 is 0 Å². The van der Waals surface area contributed by atoms with Crippen molar-refractivity contribution in [3.05, 3.63) is 48.1 Å². The molecule has 0 aliphatic carbocycles. The van der Waals surface area contributed by atoms with Gasteiger partial charge in [-0.2, -0.15) is 0 Å². The predicted octanol–water partition coefficient (Wildman–Crippen LogP) is 3.43. The van der Waals surface area contributed by atoms with E-state index in [1.54, 1.807) is 12.1 Å². The highest BCUT2D eigenvalue weighted by molar-refractivity contribution is 5.29. The summed E-state index contributed by atoms with van der Waals surface area (Å²) in [6.07, 6.45) is 1.71. The highest BCUT2D eigenvalue weighted by atomic mass is 19.2. The monoisotopic (exact) mass is 182 g/mol. The molecule has 0 aliphatic rings. The fraction of sp³-hybridized carbons (Fsp3) is 0.273. The highest BCUT2D eigenvalue weighted by Gasteiger charge is 2.17. The Labute approximate surface area is 76.9 Å². The second kappa shape index (κ2) is 3.29. The van der Waals surface area contributed by atoms with Crippen LogP contribution in [0.5, 0.6) is 0 Å². The van der Waals surface area contributed by atoms with E-state index < -0.39 is 11.6 Å². The minimum atomic E-state index is -0.816. The van der Waals surface area contributed by atoms with E-state index in [9.17, 15) is 8.78 Å². The molecule has 0 aliphatic heterocycles. The third-order valence-corrected chi connectivity index (χ3v) is 2.17. The summed E-state index contributed by atoms with van der Waals surface area (Å²) in [5, 5.41) is 0. The first kappa shape index (κ1) is 9.90. The van der Waals surface area contributed by atoms with Crippen LogP contribution in [0.15, 0.2) is 30.9 Å². The molecule has 0 spiro atoms. The van der Waals surface area contributed by atoms with Gasteiger partial charge in [0.25, 0.3) is 0 Å². The average Bonchev–Trinajstić information content (AvgIpc) is 2.09. The second-order valence-electron chi connectivity index (χ2n) is 3.55. The van der Waals surface area contributed by atoms with Crippen LogP contribution in [0.4, 0.5) is 8.78 Å². The molecule has 0 N–H and O–H groups in total. The average molecular weight is 182 g/mol. The summed E-state index contributed by atoms with van der Waals surface area (Å²) in [7, 11) is 0. The Balaban J connectivity index is 3.18. The number of benzene rings is 1. The van der Waals surface area contributed by atoms with Crippen molar-refractivity contribution in [2.45, 2.75) is 19.3 Å². The lowest BCUT2D eigenvalue weighted by atomic mass is 9.85. The molecule has 0 atom stereocenters. The van der Waals surface area contributed by atoms with E-state index in [0.29, 0.717) is 0 Å². The van der Waals surface area contributed by atoms with E-state index in [0.717, 1.165) is 11.6 Å². The van der Waals surface area contributed by atoms with E-state index in [4.69, 9.17) is 0 Å². The lowest BCUT2D eigenvalue weighted by Gasteiger charge is -2.20. The topological polar surface area (TPSA) is 0 Å². The van der Waals surface area contributed by atoms with Crippen LogP contribution < -0.4 is 0 Å². The Bertz CT molecular complexity index is 327. The van der Waals surface area contributed by atoms with Gasteiger partial charge < -0.3 is 0 Å². The molecular formula is C11H12F2. The van der Waals surface area contributed by atoms with Crippen LogP contribution in [0.25, 0.3) is 0 Å². The third kappa shape index (κ3) is 1.94. The Morgan fingerprint density at radius 2 is 1.85 bits per heavy atom. The fourth-order valence-corrected chi connectivity index (χ4v) is 1.01. The molecule has 2 heteroatoms. The summed E-state index contributed by atoms with van der Waals surface area (Å²) in [6, 6.07) is 3.91. The Morgan fingerprint density at radius 3 is 2.31 bits per heavy atom. The zero-order valence-corrected chi connectivity index (χ0v) is 7.77. The van der Waals surface area contributed by atoms with Gasteiger partial charge in [-0.15, -0.1) is 6.58 Å². The van der Waals surface area contributed by atoms with Gasteiger partial charge in [-0.25, -0.2) is 8.78 Å². The minimum absolute atomic E-state index is 0.325. The smallest absolute Gasteiger partial charge is 0.159 e. The highest BCUT2D eigenvalue weighted by Crippen LogP contribution is 2.25. The molecule has 0 nitrogen and oxygen atoms in total. The van der Waals surface area contributed by atoms with Crippen LogP contribution in [0, 0.1) is 11.6 Å². The van der Waals surface area contributed by atoms with Crippen LogP contribution in [0.3, 0.4) is 0 Å². The van der Waals surface area contributed by atoms with Gasteiger partial charge in [0.05, 0.1) is 0 Å². The normalized spacial score (nSPS) is 11.4. The second-order valence-corrected chi connectivity index (χ2v) is 3.55. The molecule has 0 saturated heterocycles. The fourth-order valence-electron chi connectivity index (χ4n) is 1.01. The molecule has 13 heavy (non-hydrogen) atoms. The number of halogens is 2. The summed E-state index contributed by atoms with van der Waals surface area (Å²) in [4.78, 5) is 0. The largest absolute Gasteiger partial charge is 0.204 e. The predicted molar refractivity (Wildman–Crippen MR) is 49.6 cm³/mol. The zero-order chi connectivity index (χ0) is 10.1. The SMILES string of the molecule is C=CC(C)(C)c1ccc(F)c(F)c1. The lowest BCUT2D eigenvalue weighted by Crippen LogP contribution is -2.13. The van der Waals surface area contributed by atoms with Gasteiger partial charge in [0.1, 0.15) is 0 Å². The Kier molecular flexibility index (Phi) is 2.50. The minimum Gasteiger partial charge on any atom is -0.204 e. The number of hydrogen-bond donors (Lipinski definition) is 0. The van der Waals surface area contributed by atoms with Crippen molar-refractivity contribution in [2.75, 3.05) is 0 Å². The summed E-state index contributed by atoms with van der Waals surface area (Å²) in [5.41, 5.74) is 0.399. The van der Waals surface area contributed by atoms with Crippen molar-refractivity contribution in [3.63, 3.8) is 0 Å². The number of hydrogen-bond acceptors (Lipinski definition) is 0. The molecule has 0 radical (unpaired) electrons. The van der Waals surface area contributed by atoms with E-state index in [1.807, 2.05) is 13.8 Å². The maximum atomic E-state index is 12.8. The molecule has 70 valence electrons. The molecule has 0 fully saturated rings. The molecule has 1 aromatic carbocycles. The number of allylic oxidation sites excluding steroid dienone is 1. The molecule has 0 unspecified atom stereocenters. The van der Waals surface area contributed by atoms with Gasteiger partial charge >= 0.3 is 0 Å². The zero-order valence-electron chi connectivity index (χ0n) is 7.77. The maximum Gasteiger partial charge on any atom is 0.159 e. The Hall–Kier alpha value is -1.18. The Morgan fingerprint density at radius 1 is 1.23 bits per heavy atom. The van der Waals surface area contributed by atoms with Gasteiger partial charge in [-0.05, 0) is 17.7 Å². The third-order valence-electron chi connectivity index (χ3n) is 2.17. The molecule has 0 aromatic heterocycles. The molecule has 1 aromatic rings. The van der Waals surface area contributed by atoms with Crippen molar-refractivity contribution in [3.8, 4) is 0 Å². The van der Waals surface area contributed by atoms with Crippen LogP contribution in [-0.2, 0) is 5.41 Å². The van der Waals surface area contributed by atoms with Crippen molar-refractivity contribution >= 4 is 0 Å². The molecule has 0 amide bonds. The molecule has 0 bridgehead atoms. The molecule has 0 saturated carbocycles. The molecular weight excluding hydrogens is 170 g/mol. The van der Waals surface area contributed by atoms with E-state index in [1.165, 1.54) is 6.07 Å². The summed E-state index contributed by atoms with van der Waals surface area (Å²) in [6.45, 7) is 7.44. The van der Waals surface area contributed by atoms with Gasteiger partial charge in [-0.3, -0.25) is 0 Å². The van der Waals surface area contributed by atoms with Crippen LogP contribution in [0.2, 0.25) is 0 Å². The molecule has 0 heterocycles. The van der Waals surface area contributed by atoms with Gasteiger partial charge in [0.15, 0.2) is 11.6 Å². The van der Waals surface area contributed by atoms with Crippen LogP contribution in [0.1, 0.15) is 19.4 Å². The summed E-state index contributed by atoms with van der Waals surface area (Å²) < 4.78 is 25.4. The van der Waals surface area contributed by atoms with E-state index in [2.05, 4.69) is 6.58 Å². The van der Waals surface area contributed by atoms with Crippen molar-refractivity contribution < 1.29 is 8.78 Å². The first-order valence-electron chi connectivity index (χ1n) is 4.06. The van der Waals surface area contributed by atoms with Crippen LogP contribution in [-0.4, -0.2) is 0 Å².